The van der Waals surface area contributed by atoms with Crippen LogP contribution in [0.15, 0.2) is 60.7 Å². The number of hydrogen-bond donors (Lipinski definition) is 1. The SMILES string of the molecule is CCC/C=C/c1ccc(C(=O)NC(C)(C)c2ccccc2)cc1. The van der Waals surface area contributed by atoms with Gasteiger partial charge in [0.25, 0.3) is 5.91 Å². The van der Waals surface area contributed by atoms with E-state index < -0.39 is 5.54 Å². The summed E-state index contributed by atoms with van der Waals surface area (Å²) in [6.07, 6.45) is 6.48. The highest BCUT2D eigenvalue weighted by Gasteiger charge is 2.22. The summed E-state index contributed by atoms with van der Waals surface area (Å²) in [6, 6.07) is 17.7. The fraction of sp³-hybridized carbons (Fsp3) is 0.286. The number of nitrogens with one attached hydrogen (secondary N) is 1. The zero-order chi connectivity index (χ0) is 16.7. The molecule has 0 fully saturated rings. The summed E-state index contributed by atoms with van der Waals surface area (Å²) in [5, 5.41) is 3.10. The van der Waals surface area contributed by atoms with E-state index in [9.17, 15) is 4.79 Å². The van der Waals surface area contributed by atoms with E-state index in [0.717, 1.165) is 24.0 Å². The average Bonchev–Trinajstić information content (AvgIpc) is 2.56. The molecule has 0 atom stereocenters. The van der Waals surface area contributed by atoms with Crippen molar-refractivity contribution in [3.63, 3.8) is 0 Å². The van der Waals surface area contributed by atoms with E-state index in [-0.39, 0.29) is 5.91 Å². The Hall–Kier alpha value is -2.35. The fourth-order valence-electron chi connectivity index (χ4n) is 2.41. The maximum atomic E-state index is 12.5. The van der Waals surface area contributed by atoms with Crippen LogP contribution >= 0.6 is 0 Å². The van der Waals surface area contributed by atoms with E-state index >= 15 is 0 Å². The van der Waals surface area contributed by atoms with Crippen LogP contribution < -0.4 is 5.32 Å². The van der Waals surface area contributed by atoms with E-state index in [1.807, 2.05) is 68.4 Å². The quantitative estimate of drug-likeness (QED) is 0.784. The Balaban J connectivity index is 2.06. The Morgan fingerprint density at radius 3 is 2.30 bits per heavy atom. The Morgan fingerprint density at radius 1 is 1.04 bits per heavy atom. The molecule has 0 spiro atoms. The number of carbonyl (C=O) groups is 1. The van der Waals surface area contributed by atoms with Gasteiger partial charge in [0.2, 0.25) is 0 Å². The van der Waals surface area contributed by atoms with Gasteiger partial charge in [-0.05, 0) is 43.5 Å². The first-order chi connectivity index (χ1) is 11.0. The van der Waals surface area contributed by atoms with Crippen LogP contribution in [0.25, 0.3) is 6.08 Å². The van der Waals surface area contributed by atoms with Gasteiger partial charge in [0.05, 0.1) is 5.54 Å². The van der Waals surface area contributed by atoms with Crippen molar-refractivity contribution in [2.45, 2.75) is 39.2 Å². The number of rotatable bonds is 6. The molecule has 2 nitrogen and oxygen atoms in total. The Morgan fingerprint density at radius 2 is 1.70 bits per heavy atom. The maximum absolute atomic E-state index is 12.5. The van der Waals surface area contributed by atoms with Crippen molar-refractivity contribution < 1.29 is 4.79 Å². The molecule has 23 heavy (non-hydrogen) atoms. The van der Waals surface area contributed by atoms with Gasteiger partial charge in [-0.3, -0.25) is 4.79 Å². The Bertz CT molecular complexity index is 654. The van der Waals surface area contributed by atoms with Gasteiger partial charge in [0.15, 0.2) is 0 Å². The van der Waals surface area contributed by atoms with E-state index in [2.05, 4.69) is 24.4 Å². The van der Waals surface area contributed by atoms with Crippen molar-refractivity contribution in [3.05, 3.63) is 77.4 Å². The second-order valence-corrected chi connectivity index (χ2v) is 6.26. The van der Waals surface area contributed by atoms with E-state index in [4.69, 9.17) is 0 Å². The van der Waals surface area contributed by atoms with Crippen LogP contribution in [0.4, 0.5) is 0 Å². The Labute approximate surface area is 139 Å². The summed E-state index contributed by atoms with van der Waals surface area (Å²) >= 11 is 0. The van der Waals surface area contributed by atoms with E-state index in [1.165, 1.54) is 0 Å². The van der Waals surface area contributed by atoms with Crippen molar-refractivity contribution in [1.82, 2.24) is 5.32 Å². The topological polar surface area (TPSA) is 29.1 Å². The molecule has 0 heterocycles. The van der Waals surface area contributed by atoms with Gasteiger partial charge in [-0.25, -0.2) is 0 Å². The van der Waals surface area contributed by atoms with Crippen LogP contribution in [0.2, 0.25) is 0 Å². The van der Waals surface area contributed by atoms with Gasteiger partial charge in [-0.15, -0.1) is 0 Å². The highest BCUT2D eigenvalue weighted by molar-refractivity contribution is 5.94. The first-order valence-corrected chi connectivity index (χ1v) is 8.17. The van der Waals surface area contributed by atoms with Crippen molar-refractivity contribution >= 4 is 12.0 Å². The molecule has 2 rings (SSSR count). The molecule has 0 aromatic heterocycles. The number of benzene rings is 2. The van der Waals surface area contributed by atoms with Crippen molar-refractivity contribution in [2.75, 3.05) is 0 Å². The summed E-state index contributed by atoms with van der Waals surface area (Å²) in [4.78, 5) is 12.5. The van der Waals surface area contributed by atoms with Crippen LogP contribution in [0.5, 0.6) is 0 Å². The van der Waals surface area contributed by atoms with Crippen LogP contribution in [0.3, 0.4) is 0 Å². The molecular weight excluding hydrogens is 282 g/mol. The lowest BCUT2D eigenvalue weighted by molar-refractivity contribution is 0.0912. The monoisotopic (exact) mass is 307 g/mol. The largest absolute Gasteiger partial charge is 0.343 e. The molecular formula is C21H25NO. The summed E-state index contributed by atoms with van der Waals surface area (Å²) in [5.41, 5.74) is 2.49. The van der Waals surface area contributed by atoms with Crippen LogP contribution in [-0.4, -0.2) is 5.91 Å². The molecule has 0 saturated carbocycles. The predicted octanol–water partition coefficient (Wildman–Crippen LogP) is 5.17. The number of amides is 1. The third-order valence-corrected chi connectivity index (χ3v) is 3.86. The normalized spacial score (nSPS) is 11.6. The predicted molar refractivity (Wildman–Crippen MR) is 97.3 cm³/mol. The third kappa shape index (κ3) is 4.82. The molecule has 0 saturated heterocycles. The molecule has 1 amide bonds. The lowest BCUT2D eigenvalue weighted by atomic mass is 9.94. The second kappa shape index (κ2) is 7.77. The third-order valence-electron chi connectivity index (χ3n) is 3.86. The zero-order valence-electron chi connectivity index (χ0n) is 14.2. The summed E-state index contributed by atoms with van der Waals surface area (Å²) in [6.45, 7) is 6.19. The molecule has 0 radical (unpaired) electrons. The lowest BCUT2D eigenvalue weighted by Gasteiger charge is -2.27. The minimum absolute atomic E-state index is 0.0528. The van der Waals surface area contributed by atoms with Crippen molar-refractivity contribution in [2.24, 2.45) is 0 Å². The molecule has 0 unspecified atom stereocenters. The Kier molecular flexibility index (Phi) is 5.75. The first-order valence-electron chi connectivity index (χ1n) is 8.17. The summed E-state index contributed by atoms with van der Waals surface area (Å²) < 4.78 is 0. The average molecular weight is 307 g/mol. The highest BCUT2D eigenvalue weighted by atomic mass is 16.1. The van der Waals surface area contributed by atoms with E-state index in [1.54, 1.807) is 0 Å². The van der Waals surface area contributed by atoms with Gasteiger partial charge in [0.1, 0.15) is 0 Å². The zero-order valence-corrected chi connectivity index (χ0v) is 14.2. The molecule has 1 N–H and O–H groups in total. The molecule has 2 heteroatoms. The van der Waals surface area contributed by atoms with E-state index in [0.29, 0.717) is 5.56 Å². The molecule has 0 aliphatic rings. The standard InChI is InChI=1S/C21H25NO/c1-4-5-7-10-17-13-15-18(16-14-17)20(23)22-21(2,3)19-11-8-6-9-12-19/h6-16H,4-5H2,1-3H3,(H,22,23)/b10-7+. The second-order valence-electron chi connectivity index (χ2n) is 6.26. The number of hydrogen-bond acceptors (Lipinski definition) is 1. The van der Waals surface area contributed by atoms with Crippen LogP contribution in [0, 0.1) is 0 Å². The summed E-state index contributed by atoms with van der Waals surface area (Å²) in [7, 11) is 0. The minimum atomic E-state index is -0.405. The fourth-order valence-corrected chi connectivity index (χ4v) is 2.41. The van der Waals surface area contributed by atoms with Crippen molar-refractivity contribution in [1.29, 1.82) is 0 Å². The number of allylic oxidation sites excluding steroid dienone is 1. The number of carbonyl (C=O) groups excluding carboxylic acids is 1. The molecule has 0 bridgehead atoms. The lowest BCUT2D eigenvalue weighted by Crippen LogP contribution is -2.40. The highest BCUT2D eigenvalue weighted by Crippen LogP contribution is 2.20. The van der Waals surface area contributed by atoms with Gasteiger partial charge >= 0.3 is 0 Å². The maximum Gasteiger partial charge on any atom is 0.251 e. The number of unbranched alkanes of at least 4 members (excludes halogenated alkanes) is 1. The molecule has 2 aromatic rings. The molecule has 0 aliphatic heterocycles. The minimum Gasteiger partial charge on any atom is -0.343 e. The van der Waals surface area contributed by atoms with Gasteiger partial charge in [0, 0.05) is 5.56 Å². The van der Waals surface area contributed by atoms with Crippen molar-refractivity contribution in [3.8, 4) is 0 Å². The van der Waals surface area contributed by atoms with Gasteiger partial charge < -0.3 is 5.32 Å². The summed E-state index contributed by atoms with van der Waals surface area (Å²) in [5.74, 6) is -0.0528. The van der Waals surface area contributed by atoms with Crippen LogP contribution in [0.1, 0.15) is 55.1 Å². The van der Waals surface area contributed by atoms with Crippen LogP contribution in [-0.2, 0) is 5.54 Å². The van der Waals surface area contributed by atoms with Gasteiger partial charge in [-0.1, -0.05) is 68.0 Å². The molecule has 2 aromatic carbocycles. The molecule has 0 aliphatic carbocycles. The first kappa shape index (κ1) is 17.0. The van der Waals surface area contributed by atoms with Gasteiger partial charge in [-0.2, -0.15) is 0 Å². The molecule has 120 valence electrons. The smallest absolute Gasteiger partial charge is 0.251 e.